The van der Waals surface area contributed by atoms with Gasteiger partial charge in [0.2, 0.25) is 0 Å². The second-order valence-corrected chi connectivity index (χ2v) is 6.63. The molecule has 1 aromatic heterocycles. The number of carbonyl (C=O) groups is 1. The Labute approximate surface area is 151 Å². The average Bonchev–Trinajstić information content (AvgIpc) is 2.91. The zero-order valence-corrected chi connectivity index (χ0v) is 15.0. The minimum absolute atomic E-state index is 0.0166. The lowest BCUT2D eigenvalue weighted by atomic mass is 9.99. The molecule has 3 nitrogen and oxygen atoms in total. The summed E-state index contributed by atoms with van der Waals surface area (Å²) in [6.07, 6.45) is -1.57. The lowest BCUT2D eigenvalue weighted by molar-refractivity contribution is 0.103. The number of hydrogen-bond donors (Lipinski definition) is 1. The standard InChI is InChI=1S/C17H11Br2FO3/c1-8(20)17-14(10-4-2-3-5-13(10)23-17)15(21)9-6-11(18)16(22)12(19)7-9/h2-8,22H,1H3/i2D,5D. The Morgan fingerprint density at radius 1 is 1.39 bits per heavy atom. The third kappa shape index (κ3) is 2.81. The van der Waals surface area contributed by atoms with Gasteiger partial charge in [0.1, 0.15) is 17.1 Å². The summed E-state index contributed by atoms with van der Waals surface area (Å²) < 4.78 is 35.7. The van der Waals surface area contributed by atoms with Crippen LogP contribution in [0.3, 0.4) is 0 Å². The first-order chi connectivity index (χ1) is 11.7. The van der Waals surface area contributed by atoms with Crippen LogP contribution in [0.25, 0.3) is 11.0 Å². The molecule has 0 fully saturated rings. The number of carbonyl (C=O) groups excluding carboxylic acids is 1. The van der Waals surface area contributed by atoms with Gasteiger partial charge in [0.25, 0.3) is 0 Å². The van der Waals surface area contributed by atoms with E-state index in [1.54, 1.807) is 0 Å². The number of hydrogen-bond acceptors (Lipinski definition) is 3. The average molecular weight is 444 g/mol. The first kappa shape index (κ1) is 13.7. The van der Waals surface area contributed by atoms with Crippen LogP contribution in [0.15, 0.2) is 49.7 Å². The normalized spacial score (nSPS) is 13.7. The van der Waals surface area contributed by atoms with Gasteiger partial charge in [-0.2, -0.15) is 0 Å². The van der Waals surface area contributed by atoms with Gasteiger partial charge in [-0.1, -0.05) is 18.2 Å². The Balaban J connectivity index is 2.30. The smallest absolute Gasteiger partial charge is 0.197 e. The van der Waals surface area contributed by atoms with Crippen molar-refractivity contribution >= 4 is 48.6 Å². The van der Waals surface area contributed by atoms with Crippen LogP contribution < -0.4 is 0 Å². The van der Waals surface area contributed by atoms with Crippen LogP contribution in [0.4, 0.5) is 4.39 Å². The van der Waals surface area contributed by atoms with Crippen molar-refractivity contribution in [2.24, 2.45) is 0 Å². The van der Waals surface area contributed by atoms with Crippen molar-refractivity contribution in [3.05, 3.63) is 62.2 Å². The highest BCUT2D eigenvalue weighted by atomic mass is 79.9. The van der Waals surface area contributed by atoms with E-state index in [2.05, 4.69) is 31.9 Å². The molecule has 0 aliphatic carbocycles. The molecule has 2 aromatic carbocycles. The molecule has 118 valence electrons. The highest BCUT2D eigenvalue weighted by molar-refractivity contribution is 9.11. The fourth-order valence-electron chi connectivity index (χ4n) is 2.29. The van der Waals surface area contributed by atoms with Crippen LogP contribution in [-0.2, 0) is 0 Å². The summed E-state index contributed by atoms with van der Waals surface area (Å²) in [4.78, 5) is 13.0. The van der Waals surface area contributed by atoms with Crippen molar-refractivity contribution in [3.63, 3.8) is 0 Å². The molecule has 0 bridgehead atoms. The molecule has 0 amide bonds. The molecule has 0 radical (unpaired) electrons. The van der Waals surface area contributed by atoms with Gasteiger partial charge in [-0.05, 0) is 57.0 Å². The maximum atomic E-state index is 14.1. The quantitative estimate of drug-likeness (QED) is 0.510. The summed E-state index contributed by atoms with van der Waals surface area (Å²) in [5.41, 5.74) is 0.246. The molecule has 0 aliphatic heterocycles. The first-order valence-corrected chi connectivity index (χ1v) is 8.19. The molecule has 6 heteroatoms. The maximum Gasteiger partial charge on any atom is 0.197 e. The van der Waals surface area contributed by atoms with Crippen LogP contribution in [0.2, 0.25) is 0 Å². The van der Waals surface area contributed by atoms with Gasteiger partial charge in [0.05, 0.1) is 17.3 Å². The third-order valence-corrected chi connectivity index (χ3v) is 4.56. The first-order valence-electron chi connectivity index (χ1n) is 7.61. The van der Waals surface area contributed by atoms with Crippen molar-refractivity contribution in [1.29, 1.82) is 0 Å². The summed E-state index contributed by atoms with van der Waals surface area (Å²) in [5, 5.41) is 10.0. The van der Waals surface area contributed by atoms with Gasteiger partial charge in [-0.25, -0.2) is 4.39 Å². The highest BCUT2D eigenvalue weighted by Crippen LogP contribution is 2.37. The Bertz CT molecular complexity index is 992. The van der Waals surface area contributed by atoms with E-state index >= 15 is 0 Å². The minimum atomic E-state index is -1.57. The molecule has 3 aromatic rings. The topological polar surface area (TPSA) is 50.4 Å². The molecule has 1 heterocycles. The molecular formula is C17H11Br2FO3. The van der Waals surface area contributed by atoms with Crippen LogP contribution in [0, 0.1) is 0 Å². The summed E-state index contributed by atoms with van der Waals surface area (Å²) in [6.45, 7) is 1.24. The molecule has 0 spiro atoms. The van der Waals surface area contributed by atoms with E-state index in [4.69, 9.17) is 7.16 Å². The zero-order valence-electron chi connectivity index (χ0n) is 13.8. The Morgan fingerprint density at radius 2 is 2.04 bits per heavy atom. The van der Waals surface area contributed by atoms with Crippen LogP contribution in [0.5, 0.6) is 5.75 Å². The van der Waals surface area contributed by atoms with Gasteiger partial charge in [-0.3, -0.25) is 4.79 Å². The van der Waals surface area contributed by atoms with Crippen LogP contribution in [0.1, 0.15) is 37.5 Å². The van der Waals surface area contributed by atoms with Gasteiger partial charge >= 0.3 is 0 Å². The SMILES string of the molecule is [2H]c1cc([2H])c2oc(C(C)F)c(C(=O)c3cc(Br)c(O)c(Br)c3)c2c1. The lowest BCUT2D eigenvalue weighted by Gasteiger charge is -2.07. The number of benzene rings is 2. The zero-order chi connectivity index (χ0) is 18.5. The van der Waals surface area contributed by atoms with Crippen molar-refractivity contribution < 1.29 is 21.5 Å². The summed E-state index contributed by atoms with van der Waals surface area (Å²) >= 11 is 6.32. The van der Waals surface area contributed by atoms with E-state index in [9.17, 15) is 14.3 Å². The number of furan rings is 1. The maximum absolute atomic E-state index is 14.1. The second kappa shape index (κ2) is 6.09. The Morgan fingerprint density at radius 3 is 2.65 bits per heavy atom. The predicted molar refractivity (Wildman–Crippen MR) is 92.7 cm³/mol. The monoisotopic (exact) mass is 442 g/mol. The van der Waals surface area contributed by atoms with Crippen molar-refractivity contribution in [2.75, 3.05) is 0 Å². The molecule has 0 aliphatic rings. The molecular weight excluding hydrogens is 431 g/mol. The molecule has 3 rings (SSSR count). The molecule has 0 saturated heterocycles. The second-order valence-electron chi connectivity index (χ2n) is 4.92. The number of alkyl halides is 1. The molecule has 1 atom stereocenters. The van der Waals surface area contributed by atoms with E-state index in [0.29, 0.717) is 8.95 Å². The predicted octanol–water partition coefficient (Wildman–Crippen LogP) is 5.92. The van der Waals surface area contributed by atoms with Crippen molar-refractivity contribution in [2.45, 2.75) is 13.1 Å². The largest absolute Gasteiger partial charge is 0.506 e. The number of phenols is 1. The summed E-state index contributed by atoms with van der Waals surface area (Å²) in [7, 11) is 0. The van der Waals surface area contributed by atoms with Crippen LogP contribution >= 0.6 is 31.9 Å². The van der Waals surface area contributed by atoms with E-state index in [0.717, 1.165) is 0 Å². The van der Waals surface area contributed by atoms with E-state index in [-0.39, 0.29) is 45.7 Å². The number of para-hydroxylation sites is 1. The number of rotatable bonds is 3. The van der Waals surface area contributed by atoms with Crippen LogP contribution in [-0.4, -0.2) is 10.9 Å². The molecule has 0 saturated carbocycles. The number of fused-ring (bicyclic) bond motifs is 1. The highest BCUT2D eigenvalue weighted by Gasteiger charge is 2.26. The van der Waals surface area contributed by atoms with Gasteiger partial charge in [-0.15, -0.1) is 0 Å². The Hall–Kier alpha value is -1.66. The number of aromatic hydroxyl groups is 1. The van der Waals surface area contributed by atoms with Gasteiger partial charge in [0, 0.05) is 10.9 Å². The van der Waals surface area contributed by atoms with E-state index in [1.807, 2.05) is 0 Å². The molecule has 23 heavy (non-hydrogen) atoms. The van der Waals surface area contributed by atoms with E-state index < -0.39 is 12.0 Å². The van der Waals surface area contributed by atoms with Gasteiger partial charge < -0.3 is 9.52 Å². The summed E-state index contributed by atoms with van der Waals surface area (Å²) in [5.74, 6) is -0.765. The number of halogens is 3. The number of phenolic OH excluding ortho intramolecular Hbond substituents is 1. The molecule has 1 unspecified atom stereocenters. The van der Waals surface area contributed by atoms with Crippen molar-refractivity contribution in [3.8, 4) is 5.75 Å². The number of ketones is 1. The summed E-state index contributed by atoms with van der Waals surface area (Å²) in [6, 6.07) is 5.41. The van der Waals surface area contributed by atoms with Crippen molar-refractivity contribution in [1.82, 2.24) is 0 Å². The molecule has 1 N–H and O–H groups in total. The Kier molecular flexibility index (Phi) is 3.64. The fourth-order valence-corrected chi connectivity index (χ4v) is 3.48. The minimum Gasteiger partial charge on any atom is -0.506 e. The third-order valence-electron chi connectivity index (χ3n) is 3.35. The fraction of sp³-hybridized carbons (Fsp3) is 0.118. The van der Waals surface area contributed by atoms with Gasteiger partial charge in [0.15, 0.2) is 12.0 Å². The van der Waals surface area contributed by atoms with E-state index in [1.165, 1.54) is 31.2 Å². The lowest BCUT2D eigenvalue weighted by Crippen LogP contribution is -2.04.